The Balaban J connectivity index is 0.00000300. The molecule has 1 aromatic carbocycles. The fourth-order valence-corrected chi connectivity index (χ4v) is 3.32. The number of nitrogens with one attached hydrogen (secondary N) is 1. The van der Waals surface area contributed by atoms with Gasteiger partial charge in [-0.1, -0.05) is 29.3 Å². The van der Waals surface area contributed by atoms with Gasteiger partial charge in [0.05, 0.1) is 30.9 Å². The van der Waals surface area contributed by atoms with Crippen LogP contribution in [0.5, 0.6) is 5.75 Å². The quantitative estimate of drug-likeness (QED) is 0.255. The summed E-state index contributed by atoms with van der Waals surface area (Å²) in [5.41, 5.74) is 1.07. The number of rotatable bonds is 6. The third-order valence-electron chi connectivity index (χ3n) is 4.32. The van der Waals surface area contributed by atoms with Crippen LogP contribution in [0.4, 0.5) is 0 Å². The van der Waals surface area contributed by atoms with Crippen molar-refractivity contribution in [2.45, 2.75) is 13.0 Å². The van der Waals surface area contributed by atoms with Gasteiger partial charge in [0.15, 0.2) is 5.96 Å². The van der Waals surface area contributed by atoms with Crippen molar-refractivity contribution < 1.29 is 9.47 Å². The molecule has 0 saturated carbocycles. The zero-order valence-corrected chi connectivity index (χ0v) is 20.3. The highest BCUT2D eigenvalue weighted by Crippen LogP contribution is 2.31. The van der Waals surface area contributed by atoms with E-state index in [1.807, 2.05) is 25.5 Å². The Bertz CT molecular complexity index is 818. The molecule has 0 amide bonds. The second-order valence-corrected chi connectivity index (χ2v) is 7.17. The van der Waals surface area contributed by atoms with Crippen LogP contribution in [0, 0.1) is 0 Å². The van der Waals surface area contributed by atoms with E-state index < -0.39 is 0 Å². The number of hydrogen-bond acceptors (Lipinski definition) is 4. The molecule has 1 atom stereocenters. The van der Waals surface area contributed by atoms with E-state index in [4.69, 9.17) is 37.7 Å². The van der Waals surface area contributed by atoms with Crippen molar-refractivity contribution in [2.24, 2.45) is 12.0 Å². The maximum atomic E-state index is 6.15. The molecule has 7 nitrogen and oxygen atoms in total. The van der Waals surface area contributed by atoms with Crippen LogP contribution in [0.1, 0.15) is 18.6 Å². The van der Waals surface area contributed by atoms with E-state index in [1.165, 1.54) is 0 Å². The minimum Gasteiger partial charge on any atom is -0.490 e. The highest BCUT2D eigenvalue weighted by Gasteiger charge is 2.25. The Morgan fingerprint density at radius 1 is 1.41 bits per heavy atom. The number of halogens is 3. The summed E-state index contributed by atoms with van der Waals surface area (Å²) in [6.07, 6.45) is 3.81. The van der Waals surface area contributed by atoms with Crippen LogP contribution in [0.25, 0.3) is 0 Å². The fourth-order valence-electron chi connectivity index (χ4n) is 2.98. The molecule has 0 aliphatic carbocycles. The summed E-state index contributed by atoms with van der Waals surface area (Å²) in [6.45, 7) is 5.89. The molecule has 0 spiro atoms. The molecule has 160 valence electrons. The average molecular weight is 554 g/mol. The Kier molecular flexibility index (Phi) is 9.81. The molecule has 1 unspecified atom stereocenters. The van der Waals surface area contributed by atoms with E-state index >= 15 is 0 Å². The SMILES string of the molecule is CCNC(=NCCOc1cccc(Cl)c1Cl)N1CCOC(c2cnn(C)c2)C1.I. The molecule has 1 saturated heterocycles. The Labute approximate surface area is 198 Å². The third kappa shape index (κ3) is 6.63. The lowest BCUT2D eigenvalue weighted by atomic mass is 10.1. The lowest BCUT2D eigenvalue weighted by Crippen LogP contribution is -2.48. The average Bonchev–Trinajstić information content (AvgIpc) is 3.14. The van der Waals surface area contributed by atoms with E-state index in [0.717, 1.165) is 31.2 Å². The van der Waals surface area contributed by atoms with Gasteiger partial charge in [0.2, 0.25) is 0 Å². The smallest absolute Gasteiger partial charge is 0.194 e. The van der Waals surface area contributed by atoms with Gasteiger partial charge in [0, 0.05) is 31.9 Å². The highest BCUT2D eigenvalue weighted by atomic mass is 127. The van der Waals surface area contributed by atoms with Crippen molar-refractivity contribution in [3.8, 4) is 5.75 Å². The van der Waals surface area contributed by atoms with Gasteiger partial charge in [-0.2, -0.15) is 5.10 Å². The number of aliphatic imine (C=N–C) groups is 1. The molecule has 1 fully saturated rings. The topological polar surface area (TPSA) is 63.9 Å². The van der Waals surface area contributed by atoms with Crippen molar-refractivity contribution in [3.05, 3.63) is 46.2 Å². The van der Waals surface area contributed by atoms with Crippen molar-refractivity contribution >= 4 is 53.1 Å². The maximum Gasteiger partial charge on any atom is 0.194 e. The fraction of sp³-hybridized carbons (Fsp3) is 0.474. The summed E-state index contributed by atoms with van der Waals surface area (Å²) < 4.78 is 13.4. The minimum atomic E-state index is -0.0205. The van der Waals surface area contributed by atoms with Crippen molar-refractivity contribution in [1.29, 1.82) is 0 Å². The molecule has 2 aromatic rings. The van der Waals surface area contributed by atoms with E-state index in [2.05, 4.69) is 22.2 Å². The maximum absolute atomic E-state index is 6.15. The van der Waals surface area contributed by atoms with Crippen LogP contribution in [-0.2, 0) is 11.8 Å². The first kappa shape index (κ1) is 24.0. The summed E-state index contributed by atoms with van der Waals surface area (Å²) in [5, 5.41) is 8.48. The molecule has 1 aliphatic rings. The van der Waals surface area contributed by atoms with Crippen molar-refractivity contribution in [3.63, 3.8) is 0 Å². The van der Waals surface area contributed by atoms with Crippen LogP contribution >= 0.6 is 47.2 Å². The van der Waals surface area contributed by atoms with E-state index in [1.54, 1.807) is 16.8 Å². The second kappa shape index (κ2) is 11.8. The van der Waals surface area contributed by atoms with Crippen molar-refractivity contribution in [1.82, 2.24) is 20.0 Å². The van der Waals surface area contributed by atoms with Gasteiger partial charge in [-0.15, -0.1) is 24.0 Å². The van der Waals surface area contributed by atoms with Gasteiger partial charge < -0.3 is 19.7 Å². The number of guanidine groups is 1. The number of aryl methyl sites for hydroxylation is 1. The number of nitrogens with zero attached hydrogens (tertiary/aromatic N) is 4. The summed E-state index contributed by atoms with van der Waals surface area (Å²) >= 11 is 12.2. The van der Waals surface area contributed by atoms with Gasteiger partial charge >= 0.3 is 0 Å². The third-order valence-corrected chi connectivity index (χ3v) is 5.13. The summed E-state index contributed by atoms with van der Waals surface area (Å²) in [7, 11) is 1.90. The Morgan fingerprint density at radius 2 is 2.24 bits per heavy atom. The normalized spacial score (nSPS) is 17.0. The van der Waals surface area contributed by atoms with E-state index in [0.29, 0.717) is 35.6 Å². The predicted molar refractivity (Wildman–Crippen MR) is 127 cm³/mol. The number of aromatic nitrogens is 2. The standard InChI is InChI=1S/C19H25Cl2N5O2.HI/c1-3-22-19(23-7-9-27-16-6-4-5-15(20)18(16)21)26-8-10-28-17(13-26)14-11-24-25(2)12-14;/h4-6,11-12,17H,3,7-10,13H2,1-2H3,(H,22,23);1H. The molecule has 10 heteroatoms. The highest BCUT2D eigenvalue weighted by molar-refractivity contribution is 14.0. The van der Waals surface area contributed by atoms with Gasteiger partial charge in [-0.25, -0.2) is 4.99 Å². The molecule has 3 rings (SSSR count). The molecule has 0 bridgehead atoms. The molecular weight excluding hydrogens is 528 g/mol. The van der Waals surface area contributed by atoms with Crippen LogP contribution in [-0.4, -0.2) is 60.0 Å². The first-order valence-electron chi connectivity index (χ1n) is 9.28. The summed E-state index contributed by atoms with van der Waals surface area (Å²) in [6, 6.07) is 5.34. The first-order valence-corrected chi connectivity index (χ1v) is 10.0. The molecule has 1 aromatic heterocycles. The van der Waals surface area contributed by atoms with E-state index in [9.17, 15) is 0 Å². The zero-order chi connectivity index (χ0) is 19.9. The van der Waals surface area contributed by atoms with Crippen LogP contribution < -0.4 is 10.1 Å². The lowest BCUT2D eigenvalue weighted by molar-refractivity contribution is -0.00805. The largest absolute Gasteiger partial charge is 0.490 e. The monoisotopic (exact) mass is 553 g/mol. The van der Waals surface area contributed by atoms with Crippen molar-refractivity contribution in [2.75, 3.05) is 39.4 Å². The zero-order valence-electron chi connectivity index (χ0n) is 16.5. The van der Waals surface area contributed by atoms with E-state index in [-0.39, 0.29) is 30.1 Å². The van der Waals surface area contributed by atoms with Crippen LogP contribution in [0.3, 0.4) is 0 Å². The van der Waals surface area contributed by atoms with Crippen LogP contribution in [0.2, 0.25) is 10.0 Å². The summed E-state index contributed by atoms with van der Waals surface area (Å²) in [4.78, 5) is 6.90. The molecule has 0 radical (unpaired) electrons. The van der Waals surface area contributed by atoms with Gasteiger partial charge in [-0.05, 0) is 19.1 Å². The first-order chi connectivity index (χ1) is 13.6. The minimum absolute atomic E-state index is 0. The Morgan fingerprint density at radius 3 is 2.97 bits per heavy atom. The molecule has 29 heavy (non-hydrogen) atoms. The predicted octanol–water partition coefficient (Wildman–Crippen LogP) is 3.76. The number of benzene rings is 1. The molecule has 2 heterocycles. The van der Waals surface area contributed by atoms with Gasteiger partial charge in [0.25, 0.3) is 0 Å². The number of hydrogen-bond donors (Lipinski definition) is 1. The summed E-state index contributed by atoms with van der Waals surface area (Å²) in [5.74, 6) is 1.41. The van der Waals surface area contributed by atoms with Gasteiger partial charge in [0.1, 0.15) is 23.5 Å². The molecule has 1 aliphatic heterocycles. The Hall–Kier alpha value is -1.23. The lowest BCUT2D eigenvalue weighted by Gasteiger charge is -2.34. The molecular formula is C19H26Cl2IN5O2. The number of morpholine rings is 1. The van der Waals surface area contributed by atoms with Gasteiger partial charge in [-0.3, -0.25) is 4.68 Å². The van der Waals surface area contributed by atoms with Crippen LogP contribution in [0.15, 0.2) is 35.6 Å². The second-order valence-electron chi connectivity index (χ2n) is 6.39. The number of ether oxygens (including phenoxy) is 2. The molecule has 1 N–H and O–H groups in total.